The molecule has 5 heteroatoms. The summed E-state index contributed by atoms with van der Waals surface area (Å²) in [6.45, 7) is 5.62. The van der Waals surface area contributed by atoms with Gasteiger partial charge in [-0.2, -0.15) is 0 Å². The van der Waals surface area contributed by atoms with Gasteiger partial charge in [-0.15, -0.1) is 11.3 Å². The quantitative estimate of drug-likeness (QED) is 0.831. The Morgan fingerprint density at radius 2 is 2.60 bits per heavy atom. The Morgan fingerprint density at radius 1 is 1.73 bits per heavy atom. The number of anilines is 1. The molecule has 15 heavy (non-hydrogen) atoms. The average molecular weight is 227 g/mol. The lowest BCUT2D eigenvalue weighted by atomic mass is 10.3. The van der Waals surface area contributed by atoms with Crippen LogP contribution in [-0.4, -0.2) is 44.4 Å². The maximum atomic E-state index is 5.65. The molecule has 1 aromatic rings. The highest BCUT2D eigenvalue weighted by Crippen LogP contribution is 2.22. The third-order valence-electron chi connectivity index (χ3n) is 2.45. The van der Waals surface area contributed by atoms with E-state index in [2.05, 4.69) is 20.6 Å². The highest BCUT2D eigenvalue weighted by molar-refractivity contribution is 7.13. The third-order valence-corrected chi connectivity index (χ3v) is 3.47. The van der Waals surface area contributed by atoms with Crippen molar-refractivity contribution in [3.63, 3.8) is 0 Å². The first-order valence-electron chi connectivity index (χ1n) is 5.23. The average Bonchev–Trinajstić information content (AvgIpc) is 2.66. The summed E-state index contributed by atoms with van der Waals surface area (Å²) in [7, 11) is 1.95. The normalized spacial score (nSPS) is 22.0. The number of rotatable bonds is 3. The second-order valence-corrected chi connectivity index (χ2v) is 4.60. The third kappa shape index (κ3) is 2.68. The molecule has 1 N–H and O–H groups in total. The Bertz CT molecular complexity index is 313. The smallest absolute Gasteiger partial charge is 0.185 e. The van der Waals surface area contributed by atoms with E-state index in [1.54, 1.807) is 11.3 Å². The van der Waals surface area contributed by atoms with Gasteiger partial charge in [-0.3, -0.25) is 0 Å². The zero-order valence-corrected chi connectivity index (χ0v) is 10.0. The van der Waals surface area contributed by atoms with Gasteiger partial charge in [0.25, 0.3) is 0 Å². The van der Waals surface area contributed by atoms with Gasteiger partial charge in [-0.05, 0) is 14.0 Å². The molecule has 0 amide bonds. The van der Waals surface area contributed by atoms with Crippen LogP contribution in [0.1, 0.15) is 5.69 Å². The summed E-state index contributed by atoms with van der Waals surface area (Å²) in [5, 5.41) is 6.36. The van der Waals surface area contributed by atoms with Crippen molar-refractivity contribution < 1.29 is 4.74 Å². The van der Waals surface area contributed by atoms with Crippen LogP contribution < -0.4 is 10.2 Å². The van der Waals surface area contributed by atoms with Crippen LogP contribution >= 0.6 is 11.3 Å². The second-order valence-electron chi connectivity index (χ2n) is 3.77. The van der Waals surface area contributed by atoms with E-state index in [4.69, 9.17) is 4.74 Å². The number of likely N-dealkylation sites (N-methyl/N-ethyl adjacent to an activating group) is 1. The van der Waals surface area contributed by atoms with Gasteiger partial charge < -0.3 is 15.0 Å². The number of nitrogens with one attached hydrogen (secondary N) is 1. The maximum absolute atomic E-state index is 5.65. The molecule has 1 unspecified atom stereocenters. The monoisotopic (exact) mass is 227 g/mol. The summed E-state index contributed by atoms with van der Waals surface area (Å²) < 4.78 is 5.65. The second kappa shape index (κ2) is 4.92. The van der Waals surface area contributed by atoms with E-state index in [1.807, 2.05) is 14.0 Å². The van der Waals surface area contributed by atoms with E-state index in [9.17, 15) is 0 Å². The van der Waals surface area contributed by atoms with Gasteiger partial charge >= 0.3 is 0 Å². The molecule has 1 fully saturated rings. The van der Waals surface area contributed by atoms with E-state index >= 15 is 0 Å². The molecular weight excluding hydrogens is 210 g/mol. The predicted molar refractivity (Wildman–Crippen MR) is 62.7 cm³/mol. The minimum atomic E-state index is 0.285. The molecule has 84 valence electrons. The minimum absolute atomic E-state index is 0.285. The van der Waals surface area contributed by atoms with Crippen molar-refractivity contribution in [2.24, 2.45) is 0 Å². The topological polar surface area (TPSA) is 37.4 Å². The molecule has 4 nitrogen and oxygen atoms in total. The van der Waals surface area contributed by atoms with Gasteiger partial charge in [0, 0.05) is 25.0 Å². The zero-order valence-electron chi connectivity index (χ0n) is 9.19. The minimum Gasteiger partial charge on any atom is -0.373 e. The van der Waals surface area contributed by atoms with Gasteiger partial charge in [0.05, 0.1) is 18.4 Å². The number of morpholine rings is 1. The number of aromatic nitrogens is 1. The fourth-order valence-electron chi connectivity index (χ4n) is 1.73. The van der Waals surface area contributed by atoms with Crippen molar-refractivity contribution in [1.82, 2.24) is 10.3 Å². The van der Waals surface area contributed by atoms with Crippen LogP contribution in [0.3, 0.4) is 0 Å². The Labute approximate surface area is 94.3 Å². The van der Waals surface area contributed by atoms with Crippen molar-refractivity contribution in [1.29, 1.82) is 0 Å². The van der Waals surface area contributed by atoms with E-state index in [0.29, 0.717) is 0 Å². The lowest BCUT2D eigenvalue weighted by Gasteiger charge is -2.32. The number of aryl methyl sites for hydroxylation is 1. The molecular formula is C10H17N3OS. The SMILES string of the molecule is CNCC1CN(c2nc(C)cs2)CCO1. The van der Waals surface area contributed by atoms with E-state index < -0.39 is 0 Å². The number of hydrogen-bond donors (Lipinski definition) is 1. The first kappa shape index (κ1) is 10.9. The summed E-state index contributed by atoms with van der Waals surface area (Å²) in [5.41, 5.74) is 1.10. The van der Waals surface area contributed by atoms with Crippen molar-refractivity contribution in [2.45, 2.75) is 13.0 Å². The first-order chi connectivity index (χ1) is 7.29. The number of hydrogen-bond acceptors (Lipinski definition) is 5. The van der Waals surface area contributed by atoms with Crippen LogP contribution in [0.5, 0.6) is 0 Å². The summed E-state index contributed by atoms with van der Waals surface area (Å²) in [4.78, 5) is 6.81. The molecule has 1 aliphatic heterocycles. The summed E-state index contributed by atoms with van der Waals surface area (Å²) in [6, 6.07) is 0. The van der Waals surface area contributed by atoms with E-state index in [0.717, 1.165) is 37.1 Å². The molecule has 1 aliphatic rings. The van der Waals surface area contributed by atoms with Crippen LogP contribution in [0.25, 0.3) is 0 Å². The van der Waals surface area contributed by atoms with Crippen LogP contribution in [0.15, 0.2) is 5.38 Å². The molecule has 2 rings (SSSR count). The van der Waals surface area contributed by atoms with Crippen LogP contribution in [0.2, 0.25) is 0 Å². The molecule has 0 bridgehead atoms. The standard InChI is InChI=1S/C10H17N3OS/c1-8-7-15-10(12-8)13-3-4-14-9(6-13)5-11-2/h7,9,11H,3-6H2,1-2H3. The highest BCUT2D eigenvalue weighted by Gasteiger charge is 2.21. The maximum Gasteiger partial charge on any atom is 0.185 e. The zero-order chi connectivity index (χ0) is 10.7. The summed E-state index contributed by atoms with van der Waals surface area (Å²) in [6.07, 6.45) is 0.285. The van der Waals surface area contributed by atoms with Gasteiger partial charge in [0.2, 0.25) is 0 Å². The molecule has 1 atom stereocenters. The highest BCUT2D eigenvalue weighted by atomic mass is 32.1. The molecule has 0 aromatic carbocycles. The molecule has 0 aliphatic carbocycles. The van der Waals surface area contributed by atoms with Crippen molar-refractivity contribution >= 4 is 16.5 Å². The molecule has 0 radical (unpaired) electrons. The Hall–Kier alpha value is -0.650. The Morgan fingerprint density at radius 3 is 3.27 bits per heavy atom. The van der Waals surface area contributed by atoms with Crippen LogP contribution in [-0.2, 0) is 4.74 Å². The first-order valence-corrected chi connectivity index (χ1v) is 6.11. The van der Waals surface area contributed by atoms with E-state index in [-0.39, 0.29) is 6.10 Å². The van der Waals surface area contributed by atoms with Gasteiger partial charge in [0.15, 0.2) is 5.13 Å². The molecule has 0 spiro atoms. The lowest BCUT2D eigenvalue weighted by Crippen LogP contribution is -2.46. The number of nitrogens with zero attached hydrogens (tertiary/aromatic N) is 2. The lowest BCUT2D eigenvalue weighted by molar-refractivity contribution is 0.0421. The molecule has 0 saturated carbocycles. The molecule has 2 heterocycles. The van der Waals surface area contributed by atoms with Crippen molar-refractivity contribution in [3.05, 3.63) is 11.1 Å². The van der Waals surface area contributed by atoms with Gasteiger partial charge in [-0.25, -0.2) is 4.98 Å². The molecule has 1 aromatic heterocycles. The van der Waals surface area contributed by atoms with E-state index in [1.165, 1.54) is 0 Å². The molecule has 1 saturated heterocycles. The van der Waals surface area contributed by atoms with Crippen LogP contribution in [0, 0.1) is 6.92 Å². The predicted octanol–water partition coefficient (Wildman–Crippen LogP) is 0.876. The number of ether oxygens (including phenoxy) is 1. The Balaban J connectivity index is 1.98. The van der Waals surface area contributed by atoms with Gasteiger partial charge in [0.1, 0.15) is 0 Å². The van der Waals surface area contributed by atoms with Gasteiger partial charge in [-0.1, -0.05) is 0 Å². The largest absolute Gasteiger partial charge is 0.373 e. The van der Waals surface area contributed by atoms with Crippen molar-refractivity contribution in [3.8, 4) is 0 Å². The van der Waals surface area contributed by atoms with Crippen molar-refractivity contribution in [2.75, 3.05) is 38.2 Å². The van der Waals surface area contributed by atoms with Crippen LogP contribution in [0.4, 0.5) is 5.13 Å². The Kier molecular flexibility index (Phi) is 3.56. The fraction of sp³-hybridized carbons (Fsp3) is 0.700. The summed E-state index contributed by atoms with van der Waals surface area (Å²) >= 11 is 1.72. The number of thiazole rings is 1. The fourth-order valence-corrected chi connectivity index (χ4v) is 2.57. The summed E-state index contributed by atoms with van der Waals surface area (Å²) in [5.74, 6) is 0.